The number of benzene rings is 1. The third kappa shape index (κ3) is 7.81. The second-order valence-electron chi connectivity index (χ2n) is 13.0. The molecule has 0 bridgehead atoms. The first-order valence-corrected chi connectivity index (χ1v) is 15.2. The molecule has 65 heavy (non-hydrogen) atoms. The largest absolute Gasteiger partial charge is 0.460 e. The molecule has 0 radical (unpaired) electrons. The molecule has 0 aromatic heterocycles. The number of aryl methyl sites for hydroxylation is 1. The number of hydrogen-bond acceptors (Lipinski definition) is 3. The highest BCUT2D eigenvalue weighted by atomic mass is 19.4. The van der Waals surface area contributed by atoms with Gasteiger partial charge in [-0.2, -0.15) is 150 Å². The van der Waals surface area contributed by atoms with E-state index in [-0.39, 0.29) is 12.5 Å². The first-order valence-electron chi connectivity index (χ1n) is 15.2. The lowest BCUT2D eigenvalue weighted by atomic mass is 9.82. The van der Waals surface area contributed by atoms with E-state index in [1.165, 1.54) is 5.32 Å². The van der Waals surface area contributed by atoms with Crippen LogP contribution in [0.3, 0.4) is 0 Å². The molecule has 1 aromatic carbocycles. The molecular weight excluding hydrogens is 1020 g/mol. The van der Waals surface area contributed by atoms with Gasteiger partial charge in [0, 0.05) is 18.0 Å². The van der Waals surface area contributed by atoms with Gasteiger partial charge in [-0.1, -0.05) is 6.07 Å². The van der Waals surface area contributed by atoms with E-state index < -0.39 is 125 Å². The fraction of sp³-hybridized carbons (Fsp3) is 0.714. The van der Waals surface area contributed by atoms with Crippen LogP contribution >= 0.6 is 0 Å². The van der Waals surface area contributed by atoms with Crippen LogP contribution in [0, 0.1) is 6.92 Å². The van der Waals surface area contributed by atoms with Crippen molar-refractivity contribution in [2.24, 2.45) is 4.99 Å². The molecule has 0 aliphatic carbocycles. The van der Waals surface area contributed by atoms with Gasteiger partial charge < -0.3 is 5.32 Å². The summed E-state index contributed by atoms with van der Waals surface area (Å²) in [4.78, 5) is 25.7. The molecule has 1 N–H and O–H groups in total. The molecule has 0 saturated carbocycles. The maximum Gasteiger partial charge on any atom is 0.460 e. The lowest BCUT2D eigenvalue weighted by Crippen LogP contribution is -2.80. The summed E-state index contributed by atoms with van der Waals surface area (Å²) >= 11 is 0. The summed E-state index contributed by atoms with van der Waals surface area (Å²) in [5.74, 6) is -146. The molecule has 1 amide bonds. The zero-order valence-electron chi connectivity index (χ0n) is 29.8. The predicted molar refractivity (Wildman–Crippen MR) is 141 cm³/mol. The van der Waals surface area contributed by atoms with Gasteiger partial charge in [0.05, 0.1) is 5.69 Å². The Hall–Kier alpha value is -4.24. The van der Waals surface area contributed by atoms with Crippen LogP contribution in [0.15, 0.2) is 23.2 Å². The molecule has 0 saturated heterocycles. The van der Waals surface area contributed by atoms with Crippen LogP contribution in [-0.2, 0) is 4.79 Å². The lowest BCUT2D eigenvalue weighted by molar-refractivity contribution is -0.491. The van der Waals surface area contributed by atoms with E-state index in [1.807, 2.05) is 0 Å². The smallest absolute Gasteiger partial charge is 0.349 e. The van der Waals surface area contributed by atoms with Crippen molar-refractivity contribution in [3.63, 3.8) is 0 Å². The maximum absolute atomic E-state index is 14.5. The van der Waals surface area contributed by atoms with Crippen molar-refractivity contribution in [2.45, 2.75) is 121 Å². The van der Waals surface area contributed by atoms with E-state index in [4.69, 9.17) is 0 Å². The number of nitrogens with one attached hydrogen (secondary N) is 1. The molecule has 1 unspecified atom stereocenters. The average Bonchev–Trinajstić information content (AvgIpc) is 3.10. The molecule has 1 atom stereocenters. The number of alkyl halides is 33. The first-order chi connectivity index (χ1) is 28.0. The Bertz CT molecular complexity index is 1980. The van der Waals surface area contributed by atoms with Crippen LogP contribution in [0.5, 0.6) is 0 Å². The number of nitrogens with zero attached hydrogens (tertiary/aromatic N) is 1. The second-order valence-corrected chi connectivity index (χ2v) is 13.0. The number of halogens is 33. The van der Waals surface area contributed by atoms with E-state index in [1.54, 1.807) is 0 Å². The number of amides is 1. The van der Waals surface area contributed by atoms with Crippen molar-refractivity contribution in [3.05, 3.63) is 29.3 Å². The minimum atomic E-state index is -10.3. The number of aliphatic imine (C=N–C) groups is 1. The van der Waals surface area contributed by atoms with E-state index in [2.05, 4.69) is 4.99 Å². The van der Waals surface area contributed by atoms with Crippen molar-refractivity contribution in [1.82, 2.24) is 5.32 Å². The van der Waals surface area contributed by atoms with Gasteiger partial charge in [0.15, 0.2) is 0 Å². The van der Waals surface area contributed by atoms with Crippen molar-refractivity contribution in [1.29, 1.82) is 0 Å². The van der Waals surface area contributed by atoms with Gasteiger partial charge in [-0.15, -0.1) is 0 Å². The second kappa shape index (κ2) is 15.9. The summed E-state index contributed by atoms with van der Waals surface area (Å²) < 4.78 is 456. The standard InChI is InChI=1S/C28H13F33N2O2/c1-8-3-4-10(62-7-64)5-11(8)12(65)63-9(2)6-13(29,30)14(31,32)15(33,34)16(35,36)17(37,38)18(39,40)19(41,42)20(43,44)21(45,46)22(47,48)23(49,50)24(51,52)25(53,54)26(55,56)27(57,58)28(59,60)61/h3-5,9H,6H2,1-2H3,(H,63,65). The summed E-state index contributed by atoms with van der Waals surface area (Å²) in [7, 11) is 0. The summed E-state index contributed by atoms with van der Waals surface area (Å²) in [5, 5.41) is 1.22. The van der Waals surface area contributed by atoms with Gasteiger partial charge in [-0.05, 0) is 31.5 Å². The van der Waals surface area contributed by atoms with E-state index in [9.17, 15) is 154 Å². The van der Waals surface area contributed by atoms with Gasteiger partial charge in [0.25, 0.3) is 5.91 Å². The van der Waals surface area contributed by atoms with Crippen LogP contribution in [0.25, 0.3) is 0 Å². The number of hydrogen-bond donors (Lipinski definition) is 1. The number of isocyanates is 1. The lowest BCUT2D eigenvalue weighted by Gasteiger charge is -2.47. The van der Waals surface area contributed by atoms with Crippen LogP contribution in [0.1, 0.15) is 29.3 Å². The highest BCUT2D eigenvalue weighted by molar-refractivity contribution is 5.96. The molecule has 4 nitrogen and oxygen atoms in total. The molecule has 0 spiro atoms. The zero-order chi connectivity index (χ0) is 52.8. The minimum absolute atomic E-state index is 0.0339. The molecule has 1 aromatic rings. The molecule has 0 aliphatic heterocycles. The SMILES string of the molecule is Cc1ccc(N=C=O)cc1C(=O)NC(C)CC(F)(F)C(F)(F)C(F)(F)C(F)(F)C(F)(F)C(F)(F)C(F)(F)C(F)(F)C(F)(F)C(F)(F)C(F)(F)C(F)(F)C(F)(F)C(F)(F)C(F)(F)C(F)(F)F. The van der Waals surface area contributed by atoms with Gasteiger partial charge in [0.1, 0.15) is 0 Å². The number of carbonyl (C=O) groups is 1. The molecular formula is C28H13F33N2O2. The van der Waals surface area contributed by atoms with Gasteiger partial charge >= 0.3 is 95.0 Å². The highest BCUT2D eigenvalue weighted by Gasteiger charge is 3.01. The third-order valence-electron chi connectivity index (χ3n) is 8.52. The Morgan fingerprint density at radius 1 is 0.477 bits per heavy atom. The highest BCUT2D eigenvalue weighted by Crippen LogP contribution is 2.70. The van der Waals surface area contributed by atoms with Crippen molar-refractivity contribution in [2.75, 3.05) is 0 Å². The van der Waals surface area contributed by atoms with Crippen LogP contribution < -0.4 is 5.32 Å². The van der Waals surface area contributed by atoms with Crippen LogP contribution in [-0.4, -0.2) is 113 Å². The Morgan fingerprint density at radius 2 is 0.738 bits per heavy atom. The van der Waals surface area contributed by atoms with E-state index in [0.717, 1.165) is 25.1 Å². The van der Waals surface area contributed by atoms with Crippen LogP contribution in [0.2, 0.25) is 0 Å². The normalized spacial score (nSPS) is 16.3. The molecule has 37 heteroatoms. The Balaban J connectivity index is 3.88. The van der Waals surface area contributed by atoms with Crippen LogP contribution in [0.4, 0.5) is 151 Å². The quantitative estimate of drug-likeness (QED) is 0.0853. The van der Waals surface area contributed by atoms with Gasteiger partial charge in [-0.3, -0.25) is 4.79 Å². The average molecular weight is 1040 g/mol. The summed E-state index contributed by atoms with van der Waals surface area (Å²) in [6.45, 7) is 1.02. The fourth-order valence-electron chi connectivity index (χ4n) is 4.62. The molecule has 0 fully saturated rings. The number of rotatable bonds is 19. The third-order valence-corrected chi connectivity index (χ3v) is 8.52. The molecule has 0 heterocycles. The zero-order valence-corrected chi connectivity index (χ0v) is 29.8. The van der Waals surface area contributed by atoms with E-state index >= 15 is 0 Å². The minimum Gasteiger partial charge on any atom is -0.349 e. The summed E-state index contributed by atoms with van der Waals surface area (Å²) in [6, 6.07) is -0.473. The molecule has 1 rings (SSSR count). The first kappa shape index (κ1) is 58.8. The monoisotopic (exact) mass is 1040 g/mol. The Morgan fingerprint density at radius 3 is 1.00 bits per heavy atom. The number of carbonyl (C=O) groups excluding carboxylic acids is 2. The van der Waals surface area contributed by atoms with E-state index in [0.29, 0.717) is 6.07 Å². The fourth-order valence-corrected chi connectivity index (χ4v) is 4.62. The maximum atomic E-state index is 14.5. The predicted octanol–water partition coefficient (Wildman–Crippen LogP) is 12.6. The Labute approximate surface area is 334 Å². The Kier molecular flexibility index (Phi) is 14.4. The van der Waals surface area contributed by atoms with Gasteiger partial charge in [-0.25, -0.2) is 4.79 Å². The van der Waals surface area contributed by atoms with Crippen molar-refractivity contribution >= 4 is 17.7 Å². The van der Waals surface area contributed by atoms with Crippen molar-refractivity contribution in [3.8, 4) is 0 Å². The summed E-state index contributed by atoms with van der Waals surface area (Å²) in [5.41, 5.74) is -1.53. The van der Waals surface area contributed by atoms with Gasteiger partial charge in [0.2, 0.25) is 6.08 Å². The van der Waals surface area contributed by atoms with Crippen molar-refractivity contribution < 1.29 is 154 Å². The molecule has 378 valence electrons. The molecule has 0 aliphatic rings. The summed E-state index contributed by atoms with van der Waals surface area (Å²) in [6.07, 6.45) is -10.8. The topological polar surface area (TPSA) is 58.5 Å².